The van der Waals surface area contributed by atoms with Gasteiger partial charge in [-0.1, -0.05) is 60.5 Å². The summed E-state index contributed by atoms with van der Waals surface area (Å²) in [5.74, 6) is 3.52. The number of carbonyl (C=O) groups excluding carboxylic acids is 2. The molecule has 35 heavy (non-hydrogen) atoms. The molecule has 0 aliphatic heterocycles. The van der Waals surface area contributed by atoms with E-state index in [1.165, 1.54) is 38.5 Å². The van der Waals surface area contributed by atoms with Gasteiger partial charge in [-0.2, -0.15) is 0 Å². The molecule has 0 aromatic carbocycles. The molecule has 0 bridgehead atoms. The first-order valence-electron chi connectivity index (χ1n) is 14.6. The number of hydrogen-bond donors (Lipinski definition) is 1. The number of Topliss-reactive ketones (excluding diaryl/α,β-unsaturated/α-hetero) is 1. The molecule has 0 heterocycles. The molecule has 3 unspecified atom stereocenters. The van der Waals surface area contributed by atoms with Crippen LogP contribution in [0, 0.1) is 52.3 Å². The predicted octanol–water partition coefficient (Wildman–Crippen LogP) is 6.75. The lowest BCUT2D eigenvalue weighted by Gasteiger charge is -2.55. The van der Waals surface area contributed by atoms with Gasteiger partial charge in [0.25, 0.3) is 0 Å². The Labute approximate surface area is 213 Å². The van der Waals surface area contributed by atoms with Gasteiger partial charge in [0, 0.05) is 17.4 Å². The summed E-state index contributed by atoms with van der Waals surface area (Å²) in [6.07, 6.45) is 12.0. The van der Waals surface area contributed by atoms with Crippen molar-refractivity contribution in [2.24, 2.45) is 52.3 Å². The van der Waals surface area contributed by atoms with Gasteiger partial charge in [0.05, 0.1) is 6.61 Å². The van der Waals surface area contributed by atoms with Crippen LogP contribution in [-0.2, 0) is 14.3 Å². The first-order chi connectivity index (χ1) is 16.4. The van der Waals surface area contributed by atoms with Crippen molar-refractivity contribution in [1.82, 2.24) is 0 Å². The first-order valence-corrected chi connectivity index (χ1v) is 14.6. The molecule has 4 aliphatic carbocycles. The maximum absolute atomic E-state index is 13.3. The highest BCUT2D eigenvalue weighted by Crippen LogP contribution is 2.68. The summed E-state index contributed by atoms with van der Waals surface area (Å²) in [4.78, 5) is 25.9. The topological polar surface area (TPSA) is 63.6 Å². The zero-order valence-electron chi connectivity index (χ0n) is 23.4. The van der Waals surface area contributed by atoms with Crippen LogP contribution in [0.3, 0.4) is 0 Å². The molecular formula is C31H50O4. The Morgan fingerprint density at radius 3 is 2.46 bits per heavy atom. The lowest BCUT2D eigenvalue weighted by molar-refractivity contribution is -0.169. The van der Waals surface area contributed by atoms with Crippen LogP contribution in [-0.4, -0.2) is 29.1 Å². The zero-order valence-corrected chi connectivity index (χ0v) is 23.4. The Hall–Kier alpha value is -1.16. The normalized spacial score (nSPS) is 42.2. The Morgan fingerprint density at radius 2 is 1.83 bits per heavy atom. The summed E-state index contributed by atoms with van der Waals surface area (Å²) < 4.78 is 5.14. The van der Waals surface area contributed by atoms with Crippen LogP contribution in [0.2, 0.25) is 0 Å². The highest BCUT2D eigenvalue weighted by atomic mass is 16.5. The van der Waals surface area contributed by atoms with Gasteiger partial charge in [-0.3, -0.25) is 4.79 Å². The molecule has 0 aromatic rings. The first kappa shape index (κ1) is 26.9. The number of ether oxygens (including phenoxy) is 1. The molecule has 198 valence electrons. The van der Waals surface area contributed by atoms with Crippen LogP contribution in [0.4, 0.5) is 0 Å². The second kappa shape index (κ2) is 9.62. The molecule has 0 amide bonds. The van der Waals surface area contributed by atoms with Gasteiger partial charge < -0.3 is 9.84 Å². The number of aliphatic hydroxyl groups is 1. The van der Waals surface area contributed by atoms with Crippen LogP contribution >= 0.6 is 0 Å². The molecule has 9 atom stereocenters. The molecule has 0 radical (unpaired) electrons. The summed E-state index contributed by atoms with van der Waals surface area (Å²) in [5, 5.41) is 11.2. The number of hydrogen-bond acceptors (Lipinski definition) is 4. The summed E-state index contributed by atoms with van der Waals surface area (Å²) in [6, 6.07) is 0. The summed E-state index contributed by atoms with van der Waals surface area (Å²) in [6.45, 7) is 16.2. The van der Waals surface area contributed by atoms with Crippen molar-refractivity contribution in [3.8, 4) is 0 Å². The molecule has 0 aromatic heterocycles. The van der Waals surface area contributed by atoms with Crippen molar-refractivity contribution in [3.63, 3.8) is 0 Å². The SMILES string of the molecule is CCOC(=O)[C@]1(O)C[C@@]2(C)C(=CC[C@H]3C4CC[C@H](C(C)CCC(CC)C(C)C)[C@@]4(C)CC[C@@H]32)C1=O. The fraction of sp³-hybridized carbons (Fsp3) is 0.871. The second-order valence-corrected chi connectivity index (χ2v) is 13.4. The van der Waals surface area contributed by atoms with Gasteiger partial charge in [-0.25, -0.2) is 4.79 Å². The van der Waals surface area contributed by atoms with Gasteiger partial charge in [0.15, 0.2) is 0 Å². The number of ketones is 1. The fourth-order valence-corrected chi connectivity index (χ4v) is 9.58. The van der Waals surface area contributed by atoms with Crippen LogP contribution in [0.1, 0.15) is 106 Å². The maximum atomic E-state index is 13.3. The van der Waals surface area contributed by atoms with E-state index in [1.54, 1.807) is 6.92 Å². The lowest BCUT2D eigenvalue weighted by Crippen LogP contribution is -2.49. The molecule has 4 heteroatoms. The van der Waals surface area contributed by atoms with E-state index in [4.69, 9.17) is 4.74 Å². The lowest BCUT2D eigenvalue weighted by atomic mass is 9.49. The van der Waals surface area contributed by atoms with E-state index in [-0.39, 0.29) is 13.0 Å². The predicted molar refractivity (Wildman–Crippen MR) is 140 cm³/mol. The van der Waals surface area contributed by atoms with E-state index in [0.29, 0.717) is 28.7 Å². The minimum Gasteiger partial charge on any atom is -0.464 e. The van der Waals surface area contributed by atoms with Crippen LogP contribution in [0.25, 0.3) is 0 Å². The summed E-state index contributed by atoms with van der Waals surface area (Å²) in [7, 11) is 0. The minimum atomic E-state index is -2.01. The molecule has 0 saturated heterocycles. The van der Waals surface area contributed by atoms with Crippen molar-refractivity contribution >= 4 is 11.8 Å². The second-order valence-electron chi connectivity index (χ2n) is 13.4. The molecule has 3 saturated carbocycles. The van der Waals surface area contributed by atoms with E-state index in [0.717, 1.165) is 36.5 Å². The van der Waals surface area contributed by atoms with Gasteiger partial charge in [-0.15, -0.1) is 0 Å². The number of rotatable bonds is 8. The minimum absolute atomic E-state index is 0.173. The number of esters is 1. The van der Waals surface area contributed by atoms with E-state index in [9.17, 15) is 14.7 Å². The maximum Gasteiger partial charge on any atom is 0.346 e. The van der Waals surface area contributed by atoms with Crippen molar-refractivity contribution in [3.05, 3.63) is 11.6 Å². The van der Waals surface area contributed by atoms with Gasteiger partial charge in [0.1, 0.15) is 0 Å². The van der Waals surface area contributed by atoms with Crippen molar-refractivity contribution in [2.75, 3.05) is 6.61 Å². The quantitative estimate of drug-likeness (QED) is 0.304. The largest absolute Gasteiger partial charge is 0.464 e. The Bertz CT molecular complexity index is 860. The summed E-state index contributed by atoms with van der Waals surface area (Å²) >= 11 is 0. The van der Waals surface area contributed by atoms with Gasteiger partial charge in [-0.05, 0) is 92.3 Å². The Balaban J connectivity index is 1.52. The van der Waals surface area contributed by atoms with Gasteiger partial charge in [0.2, 0.25) is 11.4 Å². The molecule has 4 rings (SSSR count). The van der Waals surface area contributed by atoms with Crippen molar-refractivity contribution in [1.29, 1.82) is 0 Å². The Morgan fingerprint density at radius 1 is 1.11 bits per heavy atom. The van der Waals surface area contributed by atoms with Crippen LogP contribution < -0.4 is 0 Å². The smallest absolute Gasteiger partial charge is 0.346 e. The third kappa shape index (κ3) is 4.14. The highest BCUT2D eigenvalue weighted by Gasteiger charge is 2.67. The van der Waals surface area contributed by atoms with Crippen molar-refractivity contribution in [2.45, 2.75) is 112 Å². The number of allylic oxidation sites excluding steroid dienone is 1. The average Bonchev–Trinajstić information content (AvgIpc) is 3.26. The summed E-state index contributed by atoms with van der Waals surface area (Å²) in [5.41, 5.74) is -1.38. The Kier molecular flexibility index (Phi) is 7.39. The molecule has 1 N–H and O–H groups in total. The van der Waals surface area contributed by atoms with Crippen LogP contribution in [0.5, 0.6) is 0 Å². The molecule has 3 fully saturated rings. The number of fused-ring (bicyclic) bond motifs is 5. The monoisotopic (exact) mass is 486 g/mol. The molecule has 4 nitrogen and oxygen atoms in total. The van der Waals surface area contributed by atoms with E-state index < -0.39 is 22.8 Å². The third-order valence-corrected chi connectivity index (χ3v) is 11.5. The highest BCUT2D eigenvalue weighted by molar-refractivity contribution is 6.18. The van der Waals surface area contributed by atoms with E-state index in [1.807, 2.05) is 0 Å². The zero-order chi connectivity index (χ0) is 25.8. The molecule has 0 spiro atoms. The number of carbonyl (C=O) groups is 2. The van der Waals surface area contributed by atoms with E-state index >= 15 is 0 Å². The standard InChI is InChI=1S/C31H50O4/c1-8-21(19(3)4)11-10-20(5)23-14-15-24-22-12-13-26-27(32)31(34,28(33)35-9-2)18-30(26,7)25(22)16-17-29(23,24)6/h13,19-25,34H,8-12,14-18H2,1-7H3/t20?,21?,22-,23+,24?,25-,29+,30+,31-/m0/s1. The van der Waals surface area contributed by atoms with Crippen LogP contribution in [0.15, 0.2) is 11.6 Å². The third-order valence-electron chi connectivity index (χ3n) is 11.5. The van der Waals surface area contributed by atoms with Gasteiger partial charge >= 0.3 is 5.97 Å². The molecule has 4 aliphatic rings. The average molecular weight is 487 g/mol. The molecular weight excluding hydrogens is 436 g/mol. The van der Waals surface area contributed by atoms with Crippen molar-refractivity contribution < 1.29 is 19.4 Å². The fourth-order valence-electron chi connectivity index (χ4n) is 9.58. The van der Waals surface area contributed by atoms with E-state index in [2.05, 4.69) is 47.6 Å².